The normalized spacial score (nSPS) is 13.1. The first-order valence-electron chi connectivity index (χ1n) is 4.67. The molecule has 0 aromatic carbocycles. The van der Waals surface area contributed by atoms with Crippen molar-refractivity contribution in [1.82, 2.24) is 5.32 Å². The van der Waals surface area contributed by atoms with Crippen LogP contribution in [-0.2, 0) is 6.54 Å². The molecule has 0 aliphatic rings. The first-order valence-corrected chi connectivity index (χ1v) is 5.55. The zero-order chi connectivity index (χ0) is 9.52. The molecule has 2 nitrogen and oxygen atoms in total. The van der Waals surface area contributed by atoms with Crippen molar-refractivity contribution in [2.24, 2.45) is 5.92 Å². The SMILES string of the molecule is CC(CCO)CNCc1cccs1. The van der Waals surface area contributed by atoms with E-state index in [0.717, 1.165) is 19.5 Å². The molecular weight excluding hydrogens is 182 g/mol. The molecule has 2 N–H and O–H groups in total. The predicted molar refractivity (Wildman–Crippen MR) is 56.9 cm³/mol. The molecule has 0 bridgehead atoms. The minimum atomic E-state index is 0.294. The molecule has 0 saturated carbocycles. The van der Waals surface area contributed by atoms with Crippen LogP contribution in [0.25, 0.3) is 0 Å². The third kappa shape index (κ3) is 4.41. The largest absolute Gasteiger partial charge is 0.396 e. The number of nitrogens with one attached hydrogen (secondary N) is 1. The van der Waals surface area contributed by atoms with Crippen LogP contribution in [0.15, 0.2) is 17.5 Å². The fraction of sp³-hybridized carbons (Fsp3) is 0.600. The number of hydrogen-bond donors (Lipinski definition) is 2. The topological polar surface area (TPSA) is 32.3 Å². The van der Waals surface area contributed by atoms with Gasteiger partial charge in [0, 0.05) is 18.0 Å². The third-order valence-electron chi connectivity index (χ3n) is 1.99. The van der Waals surface area contributed by atoms with Gasteiger partial charge in [-0.1, -0.05) is 13.0 Å². The summed E-state index contributed by atoms with van der Waals surface area (Å²) in [5.74, 6) is 0.560. The van der Waals surface area contributed by atoms with Crippen LogP contribution >= 0.6 is 11.3 Å². The van der Waals surface area contributed by atoms with Gasteiger partial charge in [-0.25, -0.2) is 0 Å². The molecule has 1 unspecified atom stereocenters. The van der Waals surface area contributed by atoms with Gasteiger partial charge in [0.1, 0.15) is 0 Å². The second-order valence-electron chi connectivity index (χ2n) is 3.33. The molecular formula is C10H17NOS. The van der Waals surface area contributed by atoms with Crippen molar-refractivity contribution in [3.63, 3.8) is 0 Å². The maximum absolute atomic E-state index is 8.69. The summed E-state index contributed by atoms with van der Waals surface area (Å²) >= 11 is 1.78. The van der Waals surface area contributed by atoms with Crippen LogP contribution in [0.1, 0.15) is 18.2 Å². The summed E-state index contributed by atoms with van der Waals surface area (Å²) in [6.07, 6.45) is 0.886. The van der Waals surface area contributed by atoms with Crippen molar-refractivity contribution in [1.29, 1.82) is 0 Å². The quantitative estimate of drug-likeness (QED) is 0.733. The van der Waals surface area contributed by atoms with Gasteiger partial charge in [-0.05, 0) is 30.3 Å². The summed E-state index contributed by atoms with van der Waals surface area (Å²) in [4.78, 5) is 1.37. The fourth-order valence-corrected chi connectivity index (χ4v) is 1.85. The predicted octanol–water partition coefficient (Wildman–Crippen LogP) is 1.86. The Kier molecular flexibility index (Phi) is 5.05. The van der Waals surface area contributed by atoms with E-state index in [1.165, 1.54) is 4.88 Å². The Balaban J connectivity index is 2.07. The minimum absolute atomic E-state index is 0.294. The summed E-state index contributed by atoms with van der Waals surface area (Å²) in [5.41, 5.74) is 0. The summed E-state index contributed by atoms with van der Waals surface area (Å²) < 4.78 is 0. The lowest BCUT2D eigenvalue weighted by Crippen LogP contribution is -2.20. The highest BCUT2D eigenvalue weighted by molar-refractivity contribution is 7.09. The number of aliphatic hydroxyl groups excluding tert-OH is 1. The second-order valence-corrected chi connectivity index (χ2v) is 4.36. The summed E-state index contributed by atoms with van der Waals surface area (Å²) in [6, 6.07) is 4.20. The zero-order valence-corrected chi connectivity index (χ0v) is 8.81. The fourth-order valence-electron chi connectivity index (χ4n) is 1.18. The Morgan fingerprint density at radius 1 is 1.62 bits per heavy atom. The van der Waals surface area contributed by atoms with Crippen molar-refractivity contribution in [2.75, 3.05) is 13.2 Å². The van der Waals surface area contributed by atoms with Gasteiger partial charge in [0.2, 0.25) is 0 Å². The number of thiophene rings is 1. The van der Waals surface area contributed by atoms with Crippen molar-refractivity contribution in [3.8, 4) is 0 Å². The molecule has 0 aliphatic carbocycles. The first kappa shape index (κ1) is 10.7. The van der Waals surface area contributed by atoms with Crippen LogP contribution in [0.4, 0.5) is 0 Å². The highest BCUT2D eigenvalue weighted by Crippen LogP contribution is 2.07. The van der Waals surface area contributed by atoms with Gasteiger partial charge >= 0.3 is 0 Å². The van der Waals surface area contributed by atoms with Gasteiger partial charge in [0.25, 0.3) is 0 Å². The molecule has 13 heavy (non-hydrogen) atoms. The van der Waals surface area contributed by atoms with Gasteiger partial charge in [-0.3, -0.25) is 0 Å². The van der Waals surface area contributed by atoms with Gasteiger partial charge in [-0.2, -0.15) is 0 Å². The molecule has 0 fully saturated rings. The summed E-state index contributed by atoms with van der Waals surface area (Å²) in [6.45, 7) is 4.38. The standard InChI is InChI=1S/C10H17NOS/c1-9(4-5-12)7-11-8-10-3-2-6-13-10/h2-3,6,9,11-12H,4-5,7-8H2,1H3. The smallest absolute Gasteiger partial charge is 0.0434 e. The molecule has 1 atom stereocenters. The van der Waals surface area contributed by atoms with E-state index < -0.39 is 0 Å². The van der Waals surface area contributed by atoms with E-state index >= 15 is 0 Å². The molecule has 3 heteroatoms. The molecule has 1 aromatic heterocycles. The number of hydrogen-bond acceptors (Lipinski definition) is 3. The molecule has 0 saturated heterocycles. The van der Waals surface area contributed by atoms with Crippen LogP contribution in [0.5, 0.6) is 0 Å². The van der Waals surface area contributed by atoms with Crippen molar-refractivity contribution in [3.05, 3.63) is 22.4 Å². The molecule has 1 heterocycles. The maximum Gasteiger partial charge on any atom is 0.0434 e. The van der Waals surface area contributed by atoms with Crippen molar-refractivity contribution >= 4 is 11.3 Å². The van der Waals surface area contributed by atoms with E-state index in [0.29, 0.717) is 12.5 Å². The number of rotatable bonds is 6. The van der Waals surface area contributed by atoms with E-state index in [1.54, 1.807) is 11.3 Å². The van der Waals surface area contributed by atoms with Crippen LogP contribution in [0.3, 0.4) is 0 Å². The van der Waals surface area contributed by atoms with Gasteiger partial charge < -0.3 is 10.4 Å². The molecule has 1 rings (SSSR count). The highest BCUT2D eigenvalue weighted by Gasteiger charge is 2.00. The lowest BCUT2D eigenvalue weighted by molar-refractivity contribution is 0.260. The van der Waals surface area contributed by atoms with E-state index in [2.05, 4.69) is 29.8 Å². The Morgan fingerprint density at radius 3 is 3.08 bits per heavy atom. The van der Waals surface area contributed by atoms with Crippen LogP contribution in [0.2, 0.25) is 0 Å². The van der Waals surface area contributed by atoms with Gasteiger partial charge in [-0.15, -0.1) is 11.3 Å². The van der Waals surface area contributed by atoms with Gasteiger partial charge in [0.05, 0.1) is 0 Å². The zero-order valence-electron chi connectivity index (χ0n) is 7.99. The Labute approximate surface area is 83.6 Å². The Morgan fingerprint density at radius 2 is 2.46 bits per heavy atom. The Hall–Kier alpha value is -0.380. The van der Waals surface area contributed by atoms with Crippen LogP contribution < -0.4 is 5.32 Å². The Bertz CT molecular complexity index is 211. The monoisotopic (exact) mass is 199 g/mol. The summed E-state index contributed by atoms with van der Waals surface area (Å²) in [7, 11) is 0. The average molecular weight is 199 g/mol. The second kappa shape index (κ2) is 6.13. The molecule has 74 valence electrons. The third-order valence-corrected chi connectivity index (χ3v) is 2.87. The average Bonchev–Trinajstić information content (AvgIpc) is 2.57. The highest BCUT2D eigenvalue weighted by atomic mass is 32.1. The lowest BCUT2D eigenvalue weighted by atomic mass is 10.1. The first-order chi connectivity index (χ1) is 6.33. The number of aliphatic hydroxyl groups is 1. The summed E-state index contributed by atoms with van der Waals surface area (Å²) in [5, 5.41) is 14.2. The molecule has 0 aliphatic heterocycles. The molecule has 0 spiro atoms. The molecule has 1 aromatic rings. The van der Waals surface area contributed by atoms with Gasteiger partial charge in [0.15, 0.2) is 0 Å². The molecule has 0 amide bonds. The minimum Gasteiger partial charge on any atom is -0.396 e. The van der Waals surface area contributed by atoms with E-state index in [9.17, 15) is 0 Å². The van der Waals surface area contributed by atoms with Crippen LogP contribution in [0, 0.1) is 5.92 Å². The van der Waals surface area contributed by atoms with Crippen molar-refractivity contribution < 1.29 is 5.11 Å². The van der Waals surface area contributed by atoms with E-state index in [4.69, 9.17) is 5.11 Å². The maximum atomic E-state index is 8.69. The van der Waals surface area contributed by atoms with Crippen molar-refractivity contribution in [2.45, 2.75) is 19.9 Å². The van der Waals surface area contributed by atoms with E-state index in [1.807, 2.05) is 0 Å². The van der Waals surface area contributed by atoms with E-state index in [-0.39, 0.29) is 0 Å². The lowest BCUT2D eigenvalue weighted by Gasteiger charge is -2.09. The molecule has 0 radical (unpaired) electrons. The van der Waals surface area contributed by atoms with Crippen LogP contribution in [-0.4, -0.2) is 18.3 Å².